The first-order chi connectivity index (χ1) is 13.0. The maximum absolute atomic E-state index is 12.2. The molecule has 1 unspecified atom stereocenters. The monoisotopic (exact) mass is 445 g/mol. The fourth-order valence-corrected chi connectivity index (χ4v) is 3.72. The molecule has 2 aromatic carbocycles. The van der Waals surface area contributed by atoms with Crippen LogP contribution in [0.3, 0.4) is 0 Å². The molecule has 1 atom stereocenters. The molecule has 1 amide bonds. The number of hydrazone groups is 1. The molecule has 0 fully saturated rings. The zero-order valence-corrected chi connectivity index (χ0v) is 17.1. The number of methoxy groups -OCH3 is 1. The summed E-state index contributed by atoms with van der Waals surface area (Å²) < 4.78 is 11.9. The Balaban J connectivity index is 1.76. The molecule has 138 valence electrons. The highest BCUT2D eigenvalue weighted by atomic mass is 79.9. The number of hydrogen-bond donors (Lipinski definition) is 1. The number of aromatic nitrogens is 1. The van der Waals surface area contributed by atoms with Crippen molar-refractivity contribution in [3.05, 3.63) is 56.8 Å². The van der Waals surface area contributed by atoms with Crippen LogP contribution >= 0.6 is 28.1 Å². The van der Waals surface area contributed by atoms with Crippen molar-refractivity contribution < 1.29 is 13.9 Å². The molecule has 8 heteroatoms. The molecule has 0 bridgehead atoms. The predicted octanol–water partition coefficient (Wildman–Crippen LogP) is 4.96. The maximum Gasteiger partial charge on any atom is 0.267 e. The smallest absolute Gasteiger partial charge is 0.267 e. The number of rotatable bonds is 3. The summed E-state index contributed by atoms with van der Waals surface area (Å²) in [5, 5.41) is 6.12. The number of benzene rings is 2. The van der Waals surface area contributed by atoms with E-state index in [9.17, 15) is 4.79 Å². The average Bonchev–Trinajstić information content (AvgIpc) is 3.24. The van der Waals surface area contributed by atoms with Crippen molar-refractivity contribution in [2.24, 2.45) is 5.10 Å². The molecule has 0 aliphatic carbocycles. The topological polar surface area (TPSA) is 70.8 Å². The van der Waals surface area contributed by atoms with Crippen molar-refractivity contribution in [1.29, 1.82) is 0 Å². The van der Waals surface area contributed by atoms with Crippen LogP contribution in [0.15, 0.2) is 50.4 Å². The predicted molar refractivity (Wildman–Crippen MR) is 109 cm³/mol. The second-order valence-electron chi connectivity index (χ2n) is 6.25. The van der Waals surface area contributed by atoms with Gasteiger partial charge in [-0.05, 0) is 42.0 Å². The van der Waals surface area contributed by atoms with E-state index in [-0.39, 0.29) is 16.8 Å². The van der Waals surface area contributed by atoms with E-state index in [1.165, 1.54) is 11.9 Å². The maximum atomic E-state index is 12.2. The van der Waals surface area contributed by atoms with Crippen molar-refractivity contribution in [2.75, 3.05) is 7.11 Å². The number of fused-ring (bicyclic) bond motifs is 1. The zero-order chi connectivity index (χ0) is 19.1. The molecule has 0 saturated carbocycles. The van der Waals surface area contributed by atoms with Gasteiger partial charge in [0.2, 0.25) is 5.91 Å². The van der Waals surface area contributed by atoms with Crippen LogP contribution in [0.25, 0.3) is 11.1 Å². The summed E-state index contributed by atoms with van der Waals surface area (Å²) in [6, 6.07) is 11.6. The van der Waals surface area contributed by atoms with Crippen LogP contribution in [0.2, 0.25) is 0 Å². The summed E-state index contributed by atoms with van der Waals surface area (Å²) in [5.41, 5.74) is 4.00. The number of oxazole rings is 1. The van der Waals surface area contributed by atoms with Crippen molar-refractivity contribution in [3.63, 3.8) is 0 Å². The van der Waals surface area contributed by atoms with Crippen LogP contribution in [0.5, 0.6) is 5.75 Å². The lowest BCUT2D eigenvalue weighted by Crippen LogP contribution is -2.24. The van der Waals surface area contributed by atoms with Gasteiger partial charge in [0, 0.05) is 23.4 Å². The number of ether oxygens (including phenoxy) is 1. The number of H-pyrrole nitrogens is 1. The summed E-state index contributed by atoms with van der Waals surface area (Å²) in [6.45, 7) is 1.52. The summed E-state index contributed by atoms with van der Waals surface area (Å²) in [4.78, 5) is 15.5. The molecule has 6 nitrogen and oxygen atoms in total. The van der Waals surface area contributed by atoms with E-state index in [0.717, 1.165) is 26.8 Å². The molecular weight excluding hydrogens is 430 g/mol. The van der Waals surface area contributed by atoms with Gasteiger partial charge in [-0.3, -0.25) is 4.79 Å². The summed E-state index contributed by atoms with van der Waals surface area (Å²) in [6.07, 6.45) is 0.606. The molecule has 1 N–H and O–H groups in total. The highest BCUT2D eigenvalue weighted by Crippen LogP contribution is 2.35. The fraction of sp³-hybridized carbons (Fsp3) is 0.211. The zero-order valence-electron chi connectivity index (χ0n) is 14.7. The molecule has 1 aromatic heterocycles. The van der Waals surface area contributed by atoms with E-state index in [4.69, 9.17) is 21.4 Å². The fourth-order valence-electron chi connectivity index (χ4n) is 3.27. The molecular formula is C19H16BrN3O3S. The highest BCUT2D eigenvalue weighted by Gasteiger charge is 2.31. The number of halogens is 1. The van der Waals surface area contributed by atoms with Gasteiger partial charge in [-0.1, -0.05) is 28.1 Å². The van der Waals surface area contributed by atoms with Crippen LogP contribution in [0.1, 0.15) is 30.5 Å². The Labute approximate surface area is 168 Å². The Kier molecular flexibility index (Phi) is 4.61. The number of amides is 1. The lowest BCUT2D eigenvalue weighted by atomic mass is 9.98. The quantitative estimate of drug-likeness (QED) is 0.578. The van der Waals surface area contributed by atoms with Crippen molar-refractivity contribution in [3.8, 4) is 5.75 Å². The largest absolute Gasteiger partial charge is 0.493 e. The van der Waals surface area contributed by atoms with Crippen LogP contribution in [-0.2, 0) is 4.79 Å². The molecule has 2 heterocycles. The van der Waals surface area contributed by atoms with Crippen molar-refractivity contribution >= 4 is 50.9 Å². The van der Waals surface area contributed by atoms with Gasteiger partial charge in [0.25, 0.3) is 4.84 Å². The lowest BCUT2D eigenvalue weighted by Gasteiger charge is -2.20. The van der Waals surface area contributed by atoms with E-state index in [1.54, 1.807) is 7.11 Å². The Morgan fingerprint density at radius 1 is 1.37 bits per heavy atom. The van der Waals surface area contributed by atoms with Crippen LogP contribution in [-0.4, -0.2) is 28.7 Å². The highest BCUT2D eigenvalue weighted by molar-refractivity contribution is 9.10. The summed E-state index contributed by atoms with van der Waals surface area (Å²) in [5.74, 6) is 0.465. The van der Waals surface area contributed by atoms with Gasteiger partial charge < -0.3 is 14.1 Å². The van der Waals surface area contributed by atoms with Crippen molar-refractivity contribution in [2.45, 2.75) is 19.4 Å². The molecule has 3 aromatic rings. The Morgan fingerprint density at radius 3 is 2.78 bits per heavy atom. The van der Waals surface area contributed by atoms with Gasteiger partial charge in [0.05, 0.1) is 24.4 Å². The second kappa shape index (κ2) is 6.94. The van der Waals surface area contributed by atoms with Gasteiger partial charge in [-0.25, -0.2) is 5.01 Å². The molecule has 1 aliphatic heterocycles. The standard InChI is InChI=1S/C19H16BrN3O3S/c1-10(24)23-16(11-3-5-13(20)6-4-11)9-14(22-23)12-7-15-18(17(8-12)25-2)26-19(27)21-15/h3-8,16H,9H2,1-2H3,(H,21,27). The molecule has 4 rings (SSSR count). The average molecular weight is 446 g/mol. The Morgan fingerprint density at radius 2 is 2.11 bits per heavy atom. The lowest BCUT2D eigenvalue weighted by molar-refractivity contribution is -0.130. The van der Waals surface area contributed by atoms with E-state index < -0.39 is 0 Å². The van der Waals surface area contributed by atoms with Crippen molar-refractivity contribution in [1.82, 2.24) is 9.99 Å². The number of nitrogens with zero attached hydrogens (tertiary/aromatic N) is 2. The Bertz CT molecular complexity index is 1120. The summed E-state index contributed by atoms with van der Waals surface area (Å²) in [7, 11) is 1.58. The number of carbonyl (C=O) groups is 1. The second-order valence-corrected chi connectivity index (χ2v) is 7.54. The molecule has 27 heavy (non-hydrogen) atoms. The minimum absolute atomic E-state index is 0.103. The van der Waals surface area contributed by atoms with Gasteiger partial charge in [0.1, 0.15) is 0 Å². The number of nitrogens with one attached hydrogen (secondary N) is 1. The van der Waals surface area contributed by atoms with Gasteiger partial charge in [-0.2, -0.15) is 5.10 Å². The van der Waals surface area contributed by atoms with E-state index in [2.05, 4.69) is 26.0 Å². The van der Waals surface area contributed by atoms with E-state index in [1.807, 2.05) is 36.4 Å². The van der Waals surface area contributed by atoms with Crippen LogP contribution < -0.4 is 4.74 Å². The SMILES string of the molecule is COc1cc(C2=NN(C(C)=O)C(c3ccc(Br)cc3)C2)cc2[nH]c(=S)oc12. The van der Waals surface area contributed by atoms with E-state index in [0.29, 0.717) is 17.8 Å². The number of carbonyl (C=O) groups excluding carboxylic acids is 1. The first-order valence-electron chi connectivity index (χ1n) is 8.30. The first kappa shape index (κ1) is 17.9. The minimum Gasteiger partial charge on any atom is -0.493 e. The minimum atomic E-state index is -0.143. The van der Waals surface area contributed by atoms with Crippen LogP contribution in [0.4, 0.5) is 0 Å². The number of hydrogen-bond acceptors (Lipinski definition) is 5. The van der Waals surface area contributed by atoms with Gasteiger partial charge in [-0.15, -0.1) is 0 Å². The number of aromatic amines is 1. The van der Waals surface area contributed by atoms with Crippen LogP contribution in [0, 0.1) is 4.84 Å². The third kappa shape index (κ3) is 3.30. The van der Waals surface area contributed by atoms with E-state index >= 15 is 0 Å². The third-order valence-corrected chi connectivity index (χ3v) is 5.24. The first-order valence-corrected chi connectivity index (χ1v) is 9.50. The molecule has 0 spiro atoms. The molecule has 0 radical (unpaired) electrons. The third-order valence-electron chi connectivity index (χ3n) is 4.53. The van der Waals surface area contributed by atoms with Gasteiger partial charge in [0.15, 0.2) is 11.3 Å². The Hall–Kier alpha value is -2.45. The summed E-state index contributed by atoms with van der Waals surface area (Å²) >= 11 is 8.52. The van der Waals surface area contributed by atoms with Gasteiger partial charge >= 0.3 is 0 Å². The normalized spacial score (nSPS) is 16.6. The molecule has 1 aliphatic rings. The molecule has 0 saturated heterocycles.